The predicted octanol–water partition coefficient (Wildman–Crippen LogP) is 3.57. The molecule has 122 valence electrons. The van der Waals surface area contributed by atoms with Crippen LogP contribution >= 0.6 is 0 Å². The lowest BCUT2D eigenvalue weighted by atomic mass is 9.88. The van der Waals surface area contributed by atoms with Gasteiger partial charge in [0.1, 0.15) is 0 Å². The summed E-state index contributed by atoms with van der Waals surface area (Å²) in [7, 11) is 0. The van der Waals surface area contributed by atoms with Gasteiger partial charge in [0, 0.05) is 19.0 Å². The minimum atomic E-state index is 0.366. The first kappa shape index (κ1) is 16.8. The molecule has 0 aromatic heterocycles. The predicted molar refractivity (Wildman–Crippen MR) is 87.9 cm³/mol. The molecule has 2 aliphatic carbocycles. The maximum absolute atomic E-state index is 12.7. The number of rotatable bonds is 8. The third-order valence-electron chi connectivity index (χ3n) is 5.09. The van der Waals surface area contributed by atoms with Crippen molar-refractivity contribution in [3.63, 3.8) is 0 Å². The van der Waals surface area contributed by atoms with Crippen LogP contribution in [0.4, 0.5) is 0 Å². The summed E-state index contributed by atoms with van der Waals surface area (Å²) in [6.07, 6.45) is 10.9. The van der Waals surface area contributed by atoms with Crippen LogP contribution in [0.2, 0.25) is 0 Å². The molecule has 2 saturated carbocycles. The topological polar surface area (TPSA) is 46.3 Å². The molecule has 0 radical (unpaired) electrons. The van der Waals surface area contributed by atoms with Crippen LogP contribution in [-0.2, 0) is 4.79 Å². The quantitative estimate of drug-likeness (QED) is 0.744. The fourth-order valence-corrected chi connectivity index (χ4v) is 3.78. The molecule has 1 amide bonds. The Morgan fingerprint density at radius 1 is 1.14 bits per heavy atom. The molecular weight excluding hydrogens is 260 g/mol. The van der Waals surface area contributed by atoms with Gasteiger partial charge >= 0.3 is 0 Å². The van der Waals surface area contributed by atoms with Gasteiger partial charge in [0.15, 0.2) is 0 Å². The monoisotopic (exact) mass is 294 g/mol. The molecule has 2 N–H and O–H groups in total. The Morgan fingerprint density at radius 3 is 2.33 bits per heavy atom. The molecule has 0 aromatic carbocycles. The maximum atomic E-state index is 12.7. The second-order valence-corrected chi connectivity index (χ2v) is 7.72. The third kappa shape index (κ3) is 5.61. The van der Waals surface area contributed by atoms with Gasteiger partial charge < -0.3 is 10.6 Å². The molecule has 0 aliphatic heterocycles. The minimum absolute atomic E-state index is 0.366. The highest BCUT2D eigenvalue weighted by Gasteiger charge is 2.34. The smallest absolute Gasteiger partial charge is 0.223 e. The molecule has 2 aliphatic rings. The number of carbonyl (C=O) groups is 1. The van der Waals surface area contributed by atoms with Gasteiger partial charge in [0.05, 0.1) is 0 Å². The van der Waals surface area contributed by atoms with Crippen molar-refractivity contribution in [2.75, 3.05) is 13.1 Å². The zero-order valence-corrected chi connectivity index (χ0v) is 14.0. The van der Waals surface area contributed by atoms with E-state index in [9.17, 15) is 4.79 Å². The summed E-state index contributed by atoms with van der Waals surface area (Å²) in [6, 6.07) is 0.553. The van der Waals surface area contributed by atoms with Gasteiger partial charge in [-0.05, 0) is 56.4 Å². The van der Waals surface area contributed by atoms with Crippen LogP contribution in [0.1, 0.15) is 71.6 Å². The Labute approximate surface area is 130 Å². The molecule has 2 rings (SSSR count). The number of hydrogen-bond acceptors (Lipinski definition) is 2. The molecule has 0 aromatic rings. The second-order valence-electron chi connectivity index (χ2n) is 7.72. The van der Waals surface area contributed by atoms with Gasteiger partial charge in [-0.1, -0.05) is 33.1 Å². The highest BCUT2D eigenvalue weighted by atomic mass is 16.2. The van der Waals surface area contributed by atoms with Crippen LogP contribution < -0.4 is 5.73 Å². The zero-order valence-electron chi connectivity index (χ0n) is 14.0. The number of hydrogen-bond donors (Lipinski definition) is 1. The fourth-order valence-electron chi connectivity index (χ4n) is 3.78. The Morgan fingerprint density at radius 2 is 1.81 bits per heavy atom. The van der Waals surface area contributed by atoms with Gasteiger partial charge in [-0.25, -0.2) is 0 Å². The highest BCUT2D eigenvalue weighted by molar-refractivity contribution is 5.77. The average molecular weight is 294 g/mol. The van der Waals surface area contributed by atoms with E-state index in [0.29, 0.717) is 36.8 Å². The largest absolute Gasteiger partial charge is 0.339 e. The van der Waals surface area contributed by atoms with Crippen molar-refractivity contribution in [1.29, 1.82) is 0 Å². The zero-order chi connectivity index (χ0) is 15.2. The Hall–Kier alpha value is -0.570. The van der Waals surface area contributed by atoms with Gasteiger partial charge in [-0.2, -0.15) is 0 Å². The van der Waals surface area contributed by atoms with Gasteiger partial charge in [0.2, 0.25) is 5.91 Å². The van der Waals surface area contributed by atoms with E-state index in [4.69, 9.17) is 5.73 Å². The van der Waals surface area contributed by atoms with E-state index in [1.54, 1.807) is 0 Å². The van der Waals surface area contributed by atoms with E-state index in [0.717, 1.165) is 18.9 Å². The lowest BCUT2D eigenvalue weighted by Crippen LogP contribution is -2.39. The number of carbonyl (C=O) groups excluding carboxylic acids is 1. The van der Waals surface area contributed by atoms with Crippen molar-refractivity contribution >= 4 is 5.91 Å². The maximum Gasteiger partial charge on any atom is 0.223 e. The lowest BCUT2D eigenvalue weighted by Gasteiger charge is -2.31. The molecular formula is C18H34N2O. The van der Waals surface area contributed by atoms with Crippen molar-refractivity contribution in [2.24, 2.45) is 23.5 Å². The van der Waals surface area contributed by atoms with Gasteiger partial charge in [0.25, 0.3) is 0 Å². The van der Waals surface area contributed by atoms with Crippen LogP contribution in [0.3, 0.4) is 0 Å². The Bertz CT molecular complexity index is 319. The summed E-state index contributed by atoms with van der Waals surface area (Å²) < 4.78 is 0. The normalized spacial score (nSPS) is 21.5. The highest BCUT2D eigenvalue weighted by Crippen LogP contribution is 2.32. The molecule has 2 fully saturated rings. The summed E-state index contributed by atoms with van der Waals surface area (Å²) in [5, 5.41) is 0. The van der Waals surface area contributed by atoms with Crippen LogP contribution in [0.25, 0.3) is 0 Å². The van der Waals surface area contributed by atoms with Crippen LogP contribution in [0.15, 0.2) is 0 Å². The van der Waals surface area contributed by atoms with Crippen LogP contribution in [-0.4, -0.2) is 29.9 Å². The van der Waals surface area contributed by atoms with E-state index >= 15 is 0 Å². The summed E-state index contributed by atoms with van der Waals surface area (Å²) >= 11 is 0. The van der Waals surface area contributed by atoms with Crippen molar-refractivity contribution in [3.05, 3.63) is 0 Å². The fraction of sp³-hybridized carbons (Fsp3) is 0.944. The van der Waals surface area contributed by atoms with Gasteiger partial charge in [-0.3, -0.25) is 4.79 Å². The van der Waals surface area contributed by atoms with Crippen molar-refractivity contribution in [3.8, 4) is 0 Å². The summed E-state index contributed by atoms with van der Waals surface area (Å²) in [4.78, 5) is 14.9. The van der Waals surface area contributed by atoms with Gasteiger partial charge in [-0.15, -0.1) is 0 Å². The molecule has 1 atom stereocenters. The number of amides is 1. The first-order valence-electron chi connectivity index (χ1n) is 9.09. The SMILES string of the molecule is CC(C)C[C@H](CN)CC(=O)N(CC1CCCCC1)C1CC1. The molecule has 21 heavy (non-hydrogen) atoms. The summed E-state index contributed by atoms with van der Waals surface area (Å²) in [5.41, 5.74) is 5.87. The molecule has 0 heterocycles. The number of nitrogens with two attached hydrogens (primary N) is 1. The molecule has 3 nitrogen and oxygen atoms in total. The van der Waals surface area contributed by atoms with E-state index in [1.807, 2.05) is 0 Å². The van der Waals surface area contributed by atoms with Crippen LogP contribution in [0.5, 0.6) is 0 Å². The van der Waals surface area contributed by atoms with E-state index in [-0.39, 0.29) is 0 Å². The second kappa shape index (κ2) is 8.17. The summed E-state index contributed by atoms with van der Waals surface area (Å²) in [6.45, 7) is 6.09. The number of nitrogens with zero attached hydrogens (tertiary/aromatic N) is 1. The standard InChI is InChI=1S/C18H34N2O/c1-14(2)10-16(12-19)11-18(21)20(17-8-9-17)13-15-6-4-3-5-7-15/h14-17H,3-13,19H2,1-2H3/t16-/m0/s1. The first-order valence-corrected chi connectivity index (χ1v) is 9.09. The van der Waals surface area contributed by atoms with E-state index in [2.05, 4.69) is 18.7 Å². The molecule has 0 saturated heterocycles. The van der Waals surface area contributed by atoms with E-state index in [1.165, 1.54) is 44.9 Å². The summed E-state index contributed by atoms with van der Waals surface area (Å²) in [5.74, 6) is 2.12. The van der Waals surface area contributed by atoms with Crippen molar-refractivity contribution in [1.82, 2.24) is 4.90 Å². The average Bonchev–Trinajstić information content (AvgIpc) is 3.29. The lowest BCUT2D eigenvalue weighted by molar-refractivity contribution is -0.133. The molecule has 0 spiro atoms. The minimum Gasteiger partial charge on any atom is -0.339 e. The van der Waals surface area contributed by atoms with Crippen molar-refractivity contribution in [2.45, 2.75) is 77.7 Å². The van der Waals surface area contributed by atoms with Crippen LogP contribution in [0, 0.1) is 17.8 Å². The van der Waals surface area contributed by atoms with E-state index < -0.39 is 0 Å². The first-order chi connectivity index (χ1) is 10.1. The Kier molecular flexibility index (Phi) is 6.53. The molecule has 0 unspecified atom stereocenters. The van der Waals surface area contributed by atoms with Crippen molar-refractivity contribution < 1.29 is 4.79 Å². The molecule has 3 heteroatoms. The third-order valence-corrected chi connectivity index (χ3v) is 5.09. The molecule has 0 bridgehead atoms. The Balaban J connectivity index is 1.86.